The fraction of sp³-hybridized carbons (Fsp3) is 0.600. The minimum Gasteiger partial charge on any atom is -0.312 e. The lowest BCUT2D eigenvalue weighted by Crippen LogP contribution is -2.26. The Morgan fingerprint density at radius 1 is 1.39 bits per heavy atom. The van der Waals surface area contributed by atoms with Gasteiger partial charge in [-0.15, -0.1) is 0 Å². The van der Waals surface area contributed by atoms with Crippen molar-refractivity contribution >= 4 is 0 Å². The Hall–Kier alpha value is -1.40. The molecule has 1 heterocycles. The maximum absolute atomic E-state index is 8.97. The minimum atomic E-state index is 0.554. The molecule has 3 atom stereocenters. The number of rotatable bonds is 4. The van der Waals surface area contributed by atoms with Crippen LogP contribution >= 0.6 is 0 Å². The summed E-state index contributed by atoms with van der Waals surface area (Å²) in [6, 6.07) is 6.03. The first-order valence-corrected chi connectivity index (χ1v) is 6.91. The van der Waals surface area contributed by atoms with Crippen molar-refractivity contribution in [1.29, 1.82) is 5.26 Å². The van der Waals surface area contributed by atoms with Crippen LogP contribution in [0, 0.1) is 29.1 Å². The van der Waals surface area contributed by atoms with Crippen molar-refractivity contribution in [2.24, 2.45) is 17.8 Å². The van der Waals surface area contributed by atoms with Gasteiger partial charge in [0.25, 0.3) is 0 Å². The molecule has 3 unspecified atom stereocenters. The summed E-state index contributed by atoms with van der Waals surface area (Å²) in [6.45, 7) is 1.87. The van der Waals surface area contributed by atoms with Gasteiger partial charge in [0.15, 0.2) is 0 Å². The highest BCUT2D eigenvalue weighted by atomic mass is 14.9. The topological polar surface area (TPSA) is 48.7 Å². The Morgan fingerprint density at radius 2 is 2.33 bits per heavy atom. The van der Waals surface area contributed by atoms with Crippen LogP contribution in [-0.4, -0.2) is 11.5 Å². The summed E-state index contributed by atoms with van der Waals surface area (Å²) in [6.07, 6.45) is 7.45. The molecule has 2 saturated carbocycles. The standard InChI is InChI=1S/C15H19N3/c16-8-15-13(2-1-5-18-15)9-17-10-14-7-11-3-4-12(14)6-11/h1-2,5,11-12,14,17H,3-4,6-7,9-10H2. The monoisotopic (exact) mass is 241 g/mol. The molecule has 0 saturated heterocycles. The smallest absolute Gasteiger partial charge is 0.144 e. The first-order chi connectivity index (χ1) is 8.86. The third-order valence-corrected chi connectivity index (χ3v) is 4.60. The summed E-state index contributed by atoms with van der Waals surface area (Å²) in [5, 5.41) is 12.5. The molecule has 3 heteroatoms. The van der Waals surface area contributed by atoms with E-state index in [0.717, 1.165) is 36.4 Å². The van der Waals surface area contributed by atoms with Crippen LogP contribution in [0.3, 0.4) is 0 Å². The fourth-order valence-corrected chi connectivity index (χ4v) is 3.70. The average molecular weight is 241 g/mol. The molecule has 2 bridgehead atoms. The number of nitrogens with zero attached hydrogens (tertiary/aromatic N) is 2. The molecular weight excluding hydrogens is 222 g/mol. The van der Waals surface area contributed by atoms with Gasteiger partial charge in [-0.1, -0.05) is 12.5 Å². The number of fused-ring (bicyclic) bond motifs is 2. The van der Waals surface area contributed by atoms with Crippen molar-refractivity contribution in [3.8, 4) is 6.07 Å². The van der Waals surface area contributed by atoms with Gasteiger partial charge in [-0.2, -0.15) is 5.26 Å². The van der Waals surface area contributed by atoms with E-state index >= 15 is 0 Å². The molecule has 0 aromatic carbocycles. The van der Waals surface area contributed by atoms with Crippen LogP contribution in [0.5, 0.6) is 0 Å². The quantitative estimate of drug-likeness (QED) is 0.881. The summed E-state index contributed by atoms with van der Waals surface area (Å²) in [4.78, 5) is 4.08. The van der Waals surface area contributed by atoms with Crippen molar-refractivity contribution in [2.75, 3.05) is 6.54 Å². The van der Waals surface area contributed by atoms with E-state index in [9.17, 15) is 0 Å². The van der Waals surface area contributed by atoms with Gasteiger partial charge < -0.3 is 5.32 Å². The van der Waals surface area contributed by atoms with E-state index in [0.29, 0.717) is 5.69 Å². The van der Waals surface area contributed by atoms with Gasteiger partial charge >= 0.3 is 0 Å². The second-order valence-corrected chi connectivity index (χ2v) is 5.69. The van der Waals surface area contributed by atoms with Crippen LogP contribution in [-0.2, 0) is 6.54 Å². The predicted molar refractivity (Wildman–Crippen MR) is 69.6 cm³/mol. The van der Waals surface area contributed by atoms with Gasteiger partial charge in [0.2, 0.25) is 0 Å². The lowest BCUT2D eigenvalue weighted by Gasteiger charge is -2.21. The largest absolute Gasteiger partial charge is 0.312 e. The number of aromatic nitrogens is 1. The number of nitrogens with one attached hydrogen (secondary N) is 1. The Labute approximate surface area is 108 Å². The maximum Gasteiger partial charge on any atom is 0.144 e. The van der Waals surface area contributed by atoms with E-state index in [2.05, 4.69) is 16.4 Å². The molecule has 94 valence electrons. The third kappa shape index (κ3) is 2.26. The maximum atomic E-state index is 8.97. The second-order valence-electron chi connectivity index (χ2n) is 5.69. The van der Waals surface area contributed by atoms with E-state index in [4.69, 9.17) is 5.26 Å². The molecule has 2 aliphatic rings. The molecule has 1 N–H and O–H groups in total. The van der Waals surface area contributed by atoms with Crippen LogP contribution in [0.25, 0.3) is 0 Å². The zero-order valence-corrected chi connectivity index (χ0v) is 10.6. The lowest BCUT2D eigenvalue weighted by atomic mass is 9.89. The number of hydrogen-bond acceptors (Lipinski definition) is 3. The number of pyridine rings is 1. The predicted octanol–water partition coefficient (Wildman–Crippen LogP) is 2.48. The normalized spacial score (nSPS) is 29.4. The first kappa shape index (κ1) is 11.7. The van der Waals surface area contributed by atoms with E-state index < -0.39 is 0 Å². The van der Waals surface area contributed by atoms with Gasteiger partial charge in [-0.25, -0.2) is 4.98 Å². The second kappa shape index (κ2) is 5.07. The van der Waals surface area contributed by atoms with Crippen LogP contribution < -0.4 is 5.32 Å². The molecule has 0 spiro atoms. The molecule has 18 heavy (non-hydrogen) atoms. The van der Waals surface area contributed by atoms with Crippen molar-refractivity contribution in [1.82, 2.24) is 10.3 Å². The number of hydrogen-bond donors (Lipinski definition) is 1. The van der Waals surface area contributed by atoms with E-state index in [1.165, 1.54) is 25.7 Å². The zero-order chi connectivity index (χ0) is 12.4. The SMILES string of the molecule is N#Cc1ncccc1CNCC1CC2CCC1C2. The van der Waals surface area contributed by atoms with Crippen LogP contribution in [0.2, 0.25) is 0 Å². The highest BCUT2D eigenvalue weighted by Crippen LogP contribution is 2.47. The van der Waals surface area contributed by atoms with Crippen molar-refractivity contribution < 1.29 is 0 Å². The molecule has 1 aromatic heterocycles. The molecule has 2 fully saturated rings. The van der Waals surface area contributed by atoms with Gasteiger partial charge in [0, 0.05) is 18.3 Å². The zero-order valence-electron chi connectivity index (χ0n) is 10.6. The molecule has 2 aliphatic carbocycles. The summed E-state index contributed by atoms with van der Waals surface area (Å²) in [5.41, 5.74) is 1.57. The van der Waals surface area contributed by atoms with Crippen molar-refractivity contribution in [3.63, 3.8) is 0 Å². The average Bonchev–Trinajstić information content (AvgIpc) is 3.02. The molecule has 0 amide bonds. The minimum absolute atomic E-state index is 0.554. The lowest BCUT2D eigenvalue weighted by molar-refractivity contribution is 0.318. The van der Waals surface area contributed by atoms with E-state index in [1.807, 2.05) is 12.1 Å². The van der Waals surface area contributed by atoms with Crippen molar-refractivity contribution in [2.45, 2.75) is 32.2 Å². The van der Waals surface area contributed by atoms with Crippen LogP contribution in [0.15, 0.2) is 18.3 Å². The molecule has 3 rings (SSSR count). The van der Waals surface area contributed by atoms with E-state index in [-0.39, 0.29) is 0 Å². The highest BCUT2D eigenvalue weighted by Gasteiger charge is 2.38. The van der Waals surface area contributed by atoms with Gasteiger partial charge in [0.05, 0.1) is 0 Å². The van der Waals surface area contributed by atoms with Crippen molar-refractivity contribution in [3.05, 3.63) is 29.6 Å². The highest BCUT2D eigenvalue weighted by molar-refractivity contribution is 5.30. The molecule has 1 aromatic rings. The molecule has 0 radical (unpaired) electrons. The fourth-order valence-electron chi connectivity index (χ4n) is 3.70. The number of nitriles is 1. The van der Waals surface area contributed by atoms with Gasteiger partial charge in [-0.3, -0.25) is 0 Å². The van der Waals surface area contributed by atoms with Gasteiger partial charge in [0.1, 0.15) is 11.8 Å². The Bertz CT molecular complexity index is 463. The first-order valence-electron chi connectivity index (χ1n) is 6.91. The summed E-state index contributed by atoms with van der Waals surface area (Å²) >= 11 is 0. The summed E-state index contributed by atoms with van der Waals surface area (Å²) in [7, 11) is 0. The van der Waals surface area contributed by atoms with Crippen LogP contribution in [0.1, 0.15) is 36.9 Å². The molecular formula is C15H19N3. The third-order valence-electron chi connectivity index (χ3n) is 4.60. The van der Waals surface area contributed by atoms with E-state index in [1.54, 1.807) is 6.20 Å². The molecule has 3 nitrogen and oxygen atoms in total. The van der Waals surface area contributed by atoms with Gasteiger partial charge in [-0.05, 0) is 49.6 Å². The van der Waals surface area contributed by atoms with Crippen LogP contribution in [0.4, 0.5) is 0 Å². The Balaban J connectivity index is 1.51. The summed E-state index contributed by atoms with van der Waals surface area (Å²) < 4.78 is 0. The molecule has 0 aliphatic heterocycles. The Morgan fingerprint density at radius 3 is 3.06 bits per heavy atom. The Kier molecular flexibility index (Phi) is 3.29. The summed E-state index contributed by atoms with van der Waals surface area (Å²) in [5.74, 6) is 2.84.